The molecule has 0 bridgehead atoms. The Hall–Kier alpha value is -1.46. The lowest BCUT2D eigenvalue weighted by Gasteiger charge is -2.23. The molecule has 2 aromatic rings. The molecule has 1 fully saturated rings. The van der Waals surface area contributed by atoms with Gasteiger partial charge in [0, 0.05) is 17.3 Å². The van der Waals surface area contributed by atoms with Crippen LogP contribution in [0.4, 0.5) is 4.39 Å². The molecule has 1 aliphatic heterocycles. The van der Waals surface area contributed by atoms with Gasteiger partial charge in [-0.15, -0.1) is 11.3 Å². The molecular formula is C14H15FN2OS. The molecule has 0 saturated carbocycles. The molecule has 1 aromatic carbocycles. The summed E-state index contributed by atoms with van der Waals surface area (Å²) in [6, 6.07) is 6.56. The highest BCUT2D eigenvalue weighted by atomic mass is 32.1. The van der Waals surface area contributed by atoms with Crippen LogP contribution in [0.25, 0.3) is 10.1 Å². The van der Waals surface area contributed by atoms with Crippen LogP contribution in [0.1, 0.15) is 22.5 Å². The van der Waals surface area contributed by atoms with Crippen molar-refractivity contribution in [1.29, 1.82) is 0 Å². The molecule has 1 aromatic heterocycles. The van der Waals surface area contributed by atoms with E-state index in [1.54, 1.807) is 12.1 Å². The van der Waals surface area contributed by atoms with E-state index in [-0.39, 0.29) is 17.8 Å². The van der Waals surface area contributed by atoms with Crippen molar-refractivity contribution in [3.8, 4) is 0 Å². The van der Waals surface area contributed by atoms with E-state index < -0.39 is 0 Å². The standard InChI is InChI=1S/C14H15FN2OS/c15-10-3-4-12-9(6-10)7-13(19-12)14(18)17-11-2-1-5-16-8-11/h3-4,6-7,11,16H,1-2,5,8H2,(H,17,18). The molecule has 5 heteroatoms. The van der Waals surface area contributed by atoms with Crippen molar-refractivity contribution in [2.45, 2.75) is 18.9 Å². The average molecular weight is 278 g/mol. The van der Waals surface area contributed by atoms with E-state index >= 15 is 0 Å². The Balaban J connectivity index is 1.77. The van der Waals surface area contributed by atoms with Gasteiger partial charge in [-0.25, -0.2) is 4.39 Å². The van der Waals surface area contributed by atoms with Gasteiger partial charge in [-0.2, -0.15) is 0 Å². The minimum atomic E-state index is -0.270. The molecule has 100 valence electrons. The molecule has 0 spiro atoms. The van der Waals surface area contributed by atoms with E-state index in [2.05, 4.69) is 10.6 Å². The van der Waals surface area contributed by atoms with Crippen molar-refractivity contribution in [3.05, 3.63) is 35.0 Å². The number of piperidine rings is 1. The lowest BCUT2D eigenvalue weighted by Crippen LogP contribution is -2.45. The molecular weight excluding hydrogens is 263 g/mol. The fourth-order valence-corrected chi connectivity index (χ4v) is 3.30. The van der Waals surface area contributed by atoms with Crippen molar-refractivity contribution in [2.24, 2.45) is 0 Å². The second-order valence-electron chi connectivity index (χ2n) is 4.81. The van der Waals surface area contributed by atoms with Gasteiger partial charge in [0.15, 0.2) is 0 Å². The zero-order valence-electron chi connectivity index (χ0n) is 10.4. The van der Waals surface area contributed by atoms with Crippen LogP contribution in [0.3, 0.4) is 0 Å². The predicted molar refractivity (Wildman–Crippen MR) is 75.1 cm³/mol. The molecule has 1 aliphatic rings. The van der Waals surface area contributed by atoms with Crippen LogP contribution in [-0.2, 0) is 0 Å². The normalized spacial score (nSPS) is 19.5. The summed E-state index contributed by atoms with van der Waals surface area (Å²) in [5.41, 5.74) is 0. The minimum absolute atomic E-state index is 0.0599. The van der Waals surface area contributed by atoms with Gasteiger partial charge in [-0.05, 0) is 49.0 Å². The molecule has 2 N–H and O–H groups in total. The van der Waals surface area contributed by atoms with Crippen molar-refractivity contribution in [2.75, 3.05) is 13.1 Å². The Kier molecular flexibility index (Phi) is 3.48. The molecule has 2 heterocycles. The third-order valence-corrected chi connectivity index (χ3v) is 4.45. The maximum Gasteiger partial charge on any atom is 0.261 e. The van der Waals surface area contributed by atoms with Gasteiger partial charge in [-0.1, -0.05) is 0 Å². The van der Waals surface area contributed by atoms with Crippen LogP contribution >= 0.6 is 11.3 Å². The van der Waals surface area contributed by atoms with Crippen LogP contribution in [0.2, 0.25) is 0 Å². The third kappa shape index (κ3) is 2.77. The number of amides is 1. The molecule has 1 atom stereocenters. The smallest absolute Gasteiger partial charge is 0.261 e. The Morgan fingerprint density at radius 1 is 1.42 bits per heavy atom. The first-order chi connectivity index (χ1) is 9.22. The maximum absolute atomic E-state index is 13.1. The summed E-state index contributed by atoms with van der Waals surface area (Å²) in [5, 5.41) is 7.08. The quantitative estimate of drug-likeness (QED) is 0.886. The number of carbonyl (C=O) groups excluding carboxylic acids is 1. The summed E-state index contributed by atoms with van der Waals surface area (Å²) >= 11 is 1.40. The number of hydrogen-bond donors (Lipinski definition) is 2. The van der Waals surface area contributed by atoms with Gasteiger partial charge in [-0.3, -0.25) is 4.79 Å². The largest absolute Gasteiger partial charge is 0.347 e. The molecule has 3 rings (SSSR count). The maximum atomic E-state index is 13.1. The number of carbonyl (C=O) groups is 1. The van der Waals surface area contributed by atoms with E-state index in [1.165, 1.54) is 23.5 Å². The first-order valence-electron chi connectivity index (χ1n) is 6.43. The molecule has 1 amide bonds. The first kappa shape index (κ1) is 12.6. The molecule has 1 unspecified atom stereocenters. The topological polar surface area (TPSA) is 41.1 Å². The fourth-order valence-electron chi connectivity index (χ4n) is 2.36. The van der Waals surface area contributed by atoms with Gasteiger partial charge in [0.1, 0.15) is 5.82 Å². The molecule has 19 heavy (non-hydrogen) atoms. The Morgan fingerprint density at radius 2 is 2.32 bits per heavy atom. The summed E-state index contributed by atoms with van der Waals surface area (Å²) in [6.07, 6.45) is 2.10. The highest BCUT2D eigenvalue weighted by Crippen LogP contribution is 2.26. The van der Waals surface area contributed by atoms with E-state index in [0.717, 1.165) is 36.0 Å². The van der Waals surface area contributed by atoms with Gasteiger partial charge < -0.3 is 10.6 Å². The molecule has 3 nitrogen and oxygen atoms in total. The van der Waals surface area contributed by atoms with Crippen molar-refractivity contribution in [1.82, 2.24) is 10.6 Å². The number of halogens is 1. The molecule has 1 saturated heterocycles. The number of hydrogen-bond acceptors (Lipinski definition) is 3. The highest BCUT2D eigenvalue weighted by molar-refractivity contribution is 7.20. The lowest BCUT2D eigenvalue weighted by molar-refractivity contribution is 0.0935. The fraction of sp³-hybridized carbons (Fsp3) is 0.357. The van der Waals surface area contributed by atoms with Crippen LogP contribution in [-0.4, -0.2) is 25.0 Å². The van der Waals surface area contributed by atoms with Crippen LogP contribution in [0.15, 0.2) is 24.3 Å². The number of fused-ring (bicyclic) bond motifs is 1. The van der Waals surface area contributed by atoms with Crippen LogP contribution in [0, 0.1) is 5.82 Å². The van der Waals surface area contributed by atoms with Gasteiger partial charge in [0.05, 0.1) is 4.88 Å². The summed E-state index contributed by atoms with van der Waals surface area (Å²) in [6.45, 7) is 1.85. The predicted octanol–water partition coefficient (Wildman–Crippen LogP) is 2.52. The third-order valence-electron chi connectivity index (χ3n) is 3.33. The Labute approximate surface area is 114 Å². The Bertz CT molecular complexity index is 605. The SMILES string of the molecule is O=C(NC1CCCNC1)c1cc2cc(F)ccc2s1. The zero-order chi connectivity index (χ0) is 13.2. The van der Waals surface area contributed by atoms with E-state index in [1.807, 2.05) is 0 Å². The van der Waals surface area contributed by atoms with E-state index in [0.29, 0.717) is 4.88 Å². The number of nitrogens with one attached hydrogen (secondary N) is 2. The second kappa shape index (κ2) is 5.27. The molecule has 0 aliphatic carbocycles. The average Bonchev–Trinajstić information content (AvgIpc) is 2.83. The van der Waals surface area contributed by atoms with Gasteiger partial charge in [0.2, 0.25) is 0 Å². The number of thiophene rings is 1. The second-order valence-corrected chi connectivity index (χ2v) is 5.89. The van der Waals surface area contributed by atoms with Crippen molar-refractivity contribution >= 4 is 27.3 Å². The summed E-state index contributed by atoms with van der Waals surface area (Å²) in [7, 11) is 0. The summed E-state index contributed by atoms with van der Waals surface area (Å²) in [4.78, 5) is 12.8. The zero-order valence-corrected chi connectivity index (χ0v) is 11.2. The lowest BCUT2D eigenvalue weighted by atomic mass is 10.1. The van der Waals surface area contributed by atoms with Crippen LogP contribution in [0.5, 0.6) is 0 Å². The monoisotopic (exact) mass is 278 g/mol. The van der Waals surface area contributed by atoms with E-state index in [9.17, 15) is 9.18 Å². The van der Waals surface area contributed by atoms with Crippen molar-refractivity contribution in [3.63, 3.8) is 0 Å². The van der Waals surface area contributed by atoms with Gasteiger partial charge >= 0.3 is 0 Å². The first-order valence-corrected chi connectivity index (χ1v) is 7.25. The number of benzene rings is 1. The molecule has 0 radical (unpaired) electrons. The number of rotatable bonds is 2. The van der Waals surface area contributed by atoms with Gasteiger partial charge in [0.25, 0.3) is 5.91 Å². The summed E-state index contributed by atoms with van der Waals surface area (Å²) < 4.78 is 14.1. The van der Waals surface area contributed by atoms with Crippen LogP contribution < -0.4 is 10.6 Å². The highest BCUT2D eigenvalue weighted by Gasteiger charge is 2.17. The minimum Gasteiger partial charge on any atom is -0.347 e. The Morgan fingerprint density at radius 3 is 3.11 bits per heavy atom. The van der Waals surface area contributed by atoms with E-state index in [4.69, 9.17) is 0 Å². The van der Waals surface area contributed by atoms with Crippen molar-refractivity contribution < 1.29 is 9.18 Å². The summed E-state index contributed by atoms with van der Waals surface area (Å²) in [5.74, 6) is -0.330.